The smallest absolute Gasteiger partial charge is 0.167 e. The summed E-state index contributed by atoms with van der Waals surface area (Å²) >= 11 is 6.03. The molecule has 6 N–H and O–H groups in total. The van der Waals surface area contributed by atoms with Crippen LogP contribution in [0.25, 0.3) is 11.2 Å². The molecular weight excluding hydrogens is 388 g/mol. The zero-order valence-electron chi connectivity index (χ0n) is 14.6. The van der Waals surface area contributed by atoms with E-state index >= 15 is 0 Å². The Bertz CT molecular complexity index is 979. The molecule has 3 heterocycles. The van der Waals surface area contributed by atoms with Gasteiger partial charge in [-0.3, -0.25) is 4.57 Å². The van der Waals surface area contributed by atoms with E-state index in [0.29, 0.717) is 34.2 Å². The largest absolute Gasteiger partial charge is 0.399 e. The molecule has 1 aromatic carbocycles. The highest BCUT2D eigenvalue weighted by Gasteiger charge is 2.44. The number of aromatic nitrogens is 4. The summed E-state index contributed by atoms with van der Waals surface area (Å²) in [7, 11) is 0. The third-order valence-corrected chi connectivity index (χ3v) is 4.81. The highest BCUT2D eigenvalue weighted by atomic mass is 35.5. The molecule has 1 aliphatic rings. The summed E-state index contributed by atoms with van der Waals surface area (Å²) in [4.78, 5) is 12.7. The van der Waals surface area contributed by atoms with E-state index in [0.717, 1.165) is 5.56 Å². The molecule has 0 spiro atoms. The number of fused-ring (bicyclic) bond motifs is 1. The van der Waals surface area contributed by atoms with Crippen molar-refractivity contribution < 1.29 is 20.1 Å². The van der Waals surface area contributed by atoms with E-state index in [2.05, 4.69) is 20.3 Å². The number of hydrogen-bond donors (Lipinski definition) is 5. The minimum absolute atomic E-state index is 0.411. The molecule has 0 amide bonds. The molecule has 0 unspecified atom stereocenters. The number of ether oxygens (including phenoxy) is 1. The maximum absolute atomic E-state index is 10.2. The summed E-state index contributed by atoms with van der Waals surface area (Å²) in [5.41, 5.74) is 8.13. The molecule has 148 valence electrons. The minimum atomic E-state index is -1.23. The zero-order chi connectivity index (χ0) is 19.8. The van der Waals surface area contributed by atoms with Gasteiger partial charge in [-0.1, -0.05) is 11.6 Å². The van der Waals surface area contributed by atoms with E-state index < -0.39 is 31.1 Å². The second kappa shape index (κ2) is 7.49. The third kappa shape index (κ3) is 3.36. The van der Waals surface area contributed by atoms with Gasteiger partial charge in [0.15, 0.2) is 23.2 Å². The first-order valence-electron chi connectivity index (χ1n) is 8.56. The average Bonchev–Trinajstić information content (AvgIpc) is 3.21. The molecular formula is C17H19ClN6O4. The Kier molecular flexibility index (Phi) is 5.04. The van der Waals surface area contributed by atoms with E-state index in [-0.39, 0.29) is 0 Å². The number of halogens is 1. The molecule has 1 saturated heterocycles. The predicted molar refractivity (Wildman–Crippen MR) is 102 cm³/mol. The Hall–Kier alpha value is -2.50. The Morgan fingerprint density at radius 2 is 2.00 bits per heavy atom. The van der Waals surface area contributed by atoms with Gasteiger partial charge in [0.2, 0.25) is 0 Å². The van der Waals surface area contributed by atoms with Crippen molar-refractivity contribution in [3.63, 3.8) is 0 Å². The Labute approximate surface area is 164 Å². The van der Waals surface area contributed by atoms with Gasteiger partial charge in [-0.05, 0) is 23.8 Å². The fourth-order valence-electron chi connectivity index (χ4n) is 3.24. The van der Waals surface area contributed by atoms with Gasteiger partial charge >= 0.3 is 0 Å². The van der Waals surface area contributed by atoms with E-state index in [9.17, 15) is 15.3 Å². The average molecular weight is 407 g/mol. The van der Waals surface area contributed by atoms with Crippen molar-refractivity contribution >= 4 is 34.3 Å². The van der Waals surface area contributed by atoms with Crippen molar-refractivity contribution in [2.75, 3.05) is 17.7 Å². The molecule has 2 aromatic heterocycles. The van der Waals surface area contributed by atoms with Gasteiger partial charge in [-0.2, -0.15) is 0 Å². The van der Waals surface area contributed by atoms with Gasteiger partial charge in [0.25, 0.3) is 0 Å². The van der Waals surface area contributed by atoms with Crippen LogP contribution in [0.15, 0.2) is 30.9 Å². The first-order chi connectivity index (χ1) is 13.5. The number of aliphatic hydroxyl groups is 3. The van der Waals surface area contributed by atoms with Crippen molar-refractivity contribution in [2.24, 2.45) is 0 Å². The van der Waals surface area contributed by atoms with Gasteiger partial charge in [0.1, 0.15) is 24.6 Å². The summed E-state index contributed by atoms with van der Waals surface area (Å²) < 4.78 is 7.05. The fraction of sp³-hybridized carbons (Fsp3) is 0.353. The monoisotopic (exact) mass is 406 g/mol. The first-order valence-corrected chi connectivity index (χ1v) is 8.94. The Balaban J connectivity index is 1.60. The highest BCUT2D eigenvalue weighted by Crippen LogP contribution is 2.32. The van der Waals surface area contributed by atoms with Crippen LogP contribution in [0, 0.1) is 0 Å². The van der Waals surface area contributed by atoms with Crippen LogP contribution in [0.3, 0.4) is 0 Å². The van der Waals surface area contributed by atoms with Crippen molar-refractivity contribution in [2.45, 2.75) is 31.1 Å². The molecule has 1 aliphatic heterocycles. The number of nitrogens with two attached hydrogens (primary N) is 1. The van der Waals surface area contributed by atoms with Crippen molar-refractivity contribution in [1.29, 1.82) is 0 Å². The number of nitrogen functional groups attached to an aromatic ring is 1. The second-order valence-electron chi connectivity index (χ2n) is 6.52. The molecule has 0 aliphatic carbocycles. The molecule has 0 bridgehead atoms. The summed E-state index contributed by atoms with van der Waals surface area (Å²) in [6.07, 6.45) is -1.44. The van der Waals surface area contributed by atoms with Crippen LogP contribution in [0.2, 0.25) is 5.02 Å². The number of hydrogen-bond acceptors (Lipinski definition) is 9. The lowest BCUT2D eigenvalue weighted by atomic mass is 10.1. The quantitative estimate of drug-likeness (QED) is 0.376. The molecule has 1 fully saturated rings. The number of rotatable bonds is 5. The predicted octanol–water partition coefficient (Wildman–Crippen LogP) is 0.285. The standard InChI is InChI=1S/C17H19ClN6O4/c18-9-1-8(2-10(19)3-9)4-20-15-12-16(22-6-21-15)24(7-23-12)17-14(27)13(26)11(5-25)28-17/h1-3,6-7,11,13-14,17,25-27H,4-5,19H2,(H,20,21,22)/t11-,13-,14-,17-/m1/s1. The Morgan fingerprint density at radius 1 is 1.18 bits per heavy atom. The molecule has 4 atom stereocenters. The zero-order valence-corrected chi connectivity index (χ0v) is 15.4. The van der Waals surface area contributed by atoms with Crippen LogP contribution in [0.1, 0.15) is 11.8 Å². The Morgan fingerprint density at radius 3 is 2.71 bits per heavy atom. The normalized spacial score (nSPS) is 24.7. The highest BCUT2D eigenvalue weighted by molar-refractivity contribution is 6.30. The van der Waals surface area contributed by atoms with Crippen LogP contribution < -0.4 is 11.1 Å². The number of aliphatic hydroxyl groups excluding tert-OH is 3. The van der Waals surface area contributed by atoms with Gasteiger partial charge < -0.3 is 31.1 Å². The summed E-state index contributed by atoms with van der Waals surface area (Å²) in [5, 5.41) is 33.2. The molecule has 10 nitrogen and oxygen atoms in total. The maximum atomic E-state index is 10.2. The summed E-state index contributed by atoms with van der Waals surface area (Å²) in [5.74, 6) is 0.481. The molecule has 28 heavy (non-hydrogen) atoms. The van der Waals surface area contributed by atoms with Crippen molar-refractivity contribution in [3.8, 4) is 0 Å². The lowest BCUT2D eigenvalue weighted by molar-refractivity contribution is -0.0511. The van der Waals surface area contributed by atoms with Crippen LogP contribution in [0.4, 0.5) is 11.5 Å². The maximum Gasteiger partial charge on any atom is 0.167 e. The van der Waals surface area contributed by atoms with Crippen LogP contribution in [-0.2, 0) is 11.3 Å². The van der Waals surface area contributed by atoms with Crippen LogP contribution in [0.5, 0.6) is 0 Å². The van der Waals surface area contributed by atoms with Gasteiger partial charge in [0.05, 0.1) is 12.9 Å². The van der Waals surface area contributed by atoms with E-state index in [1.165, 1.54) is 17.2 Å². The SMILES string of the molecule is Nc1cc(Cl)cc(CNc2ncnc3c2ncn3[C@@H]2O[C@H](CO)[C@@H](O)[C@H]2O)c1. The van der Waals surface area contributed by atoms with E-state index in [1.807, 2.05) is 0 Å². The van der Waals surface area contributed by atoms with E-state index in [4.69, 9.17) is 22.1 Å². The van der Waals surface area contributed by atoms with Crippen molar-refractivity contribution in [3.05, 3.63) is 41.4 Å². The molecule has 11 heteroatoms. The summed E-state index contributed by atoms with van der Waals surface area (Å²) in [6, 6.07) is 5.26. The lowest BCUT2D eigenvalue weighted by Crippen LogP contribution is -2.33. The number of imidazole rings is 1. The van der Waals surface area contributed by atoms with E-state index in [1.54, 1.807) is 18.2 Å². The summed E-state index contributed by atoms with van der Waals surface area (Å²) in [6.45, 7) is 0.00347. The number of nitrogens with zero attached hydrogens (tertiary/aromatic N) is 4. The van der Waals surface area contributed by atoms with Crippen LogP contribution in [-0.4, -0.2) is 59.8 Å². The molecule has 4 rings (SSSR count). The lowest BCUT2D eigenvalue weighted by Gasteiger charge is -2.16. The van der Waals surface area contributed by atoms with Gasteiger partial charge in [-0.25, -0.2) is 15.0 Å². The molecule has 0 saturated carbocycles. The number of anilines is 2. The minimum Gasteiger partial charge on any atom is -0.399 e. The van der Waals surface area contributed by atoms with Crippen molar-refractivity contribution in [1.82, 2.24) is 19.5 Å². The number of benzene rings is 1. The molecule has 3 aromatic rings. The topological polar surface area (TPSA) is 152 Å². The molecule has 0 radical (unpaired) electrons. The third-order valence-electron chi connectivity index (χ3n) is 4.59. The van der Waals surface area contributed by atoms with Gasteiger partial charge in [-0.15, -0.1) is 0 Å². The fourth-order valence-corrected chi connectivity index (χ4v) is 3.51. The van der Waals surface area contributed by atoms with Crippen LogP contribution >= 0.6 is 11.6 Å². The number of nitrogens with one attached hydrogen (secondary N) is 1. The second-order valence-corrected chi connectivity index (χ2v) is 6.96. The van der Waals surface area contributed by atoms with Gasteiger partial charge in [0, 0.05) is 17.3 Å². The first kappa shape index (κ1) is 18.8.